The zero-order valence-electron chi connectivity index (χ0n) is 17.2. The highest BCUT2D eigenvalue weighted by Crippen LogP contribution is 2.34. The number of thiophene rings is 1. The zero-order valence-corrected chi connectivity index (χ0v) is 18.7. The van der Waals surface area contributed by atoms with E-state index in [1.165, 1.54) is 0 Å². The summed E-state index contributed by atoms with van der Waals surface area (Å²) in [6.45, 7) is 5.84. The molecule has 0 fully saturated rings. The maximum atomic E-state index is 12.5. The number of unbranched alkanes of at least 4 members (excludes halogenated alkanes) is 1. The van der Waals surface area contributed by atoms with Crippen molar-refractivity contribution in [3.05, 3.63) is 45.3 Å². The van der Waals surface area contributed by atoms with Gasteiger partial charge in [0, 0.05) is 11.6 Å². The van der Waals surface area contributed by atoms with Crippen LogP contribution >= 0.6 is 22.9 Å². The van der Waals surface area contributed by atoms with Gasteiger partial charge in [0.15, 0.2) is 6.61 Å². The molecule has 1 heterocycles. The fraction of sp³-hybridized carbons (Fsp3) is 0.381. The molecule has 2 rings (SSSR count). The molecule has 0 aliphatic carbocycles. The Morgan fingerprint density at radius 1 is 1.13 bits per heavy atom. The summed E-state index contributed by atoms with van der Waals surface area (Å²) in [6.07, 6.45) is 1.80. The quantitative estimate of drug-likeness (QED) is 0.410. The maximum absolute atomic E-state index is 12.5. The van der Waals surface area contributed by atoms with Crippen molar-refractivity contribution in [2.75, 3.05) is 25.1 Å². The lowest BCUT2D eigenvalue weighted by atomic mass is 10.1. The Balaban J connectivity index is 2.16. The first-order chi connectivity index (χ1) is 14.4. The number of esters is 1. The second-order valence-electron chi connectivity index (χ2n) is 6.38. The van der Waals surface area contributed by atoms with Crippen molar-refractivity contribution in [1.82, 2.24) is 5.32 Å². The molecule has 2 aromatic rings. The smallest absolute Gasteiger partial charge is 0.341 e. The van der Waals surface area contributed by atoms with E-state index in [4.69, 9.17) is 21.1 Å². The molecule has 0 aliphatic rings. The predicted octanol–water partition coefficient (Wildman–Crippen LogP) is 4.43. The van der Waals surface area contributed by atoms with Gasteiger partial charge in [-0.05, 0) is 50.1 Å². The molecule has 9 heteroatoms. The van der Waals surface area contributed by atoms with Crippen molar-refractivity contribution in [2.45, 2.75) is 33.6 Å². The number of anilines is 1. The predicted molar refractivity (Wildman–Crippen MR) is 118 cm³/mol. The summed E-state index contributed by atoms with van der Waals surface area (Å²) >= 11 is 6.87. The zero-order chi connectivity index (χ0) is 22.1. The first-order valence-electron chi connectivity index (χ1n) is 9.64. The molecule has 1 aromatic carbocycles. The van der Waals surface area contributed by atoms with Crippen LogP contribution in [0.3, 0.4) is 0 Å². The molecule has 30 heavy (non-hydrogen) atoms. The lowest BCUT2D eigenvalue weighted by molar-refractivity contribution is -0.118. The number of hydrogen-bond acceptors (Lipinski definition) is 6. The van der Waals surface area contributed by atoms with E-state index in [-0.39, 0.29) is 29.7 Å². The van der Waals surface area contributed by atoms with Crippen LogP contribution in [0.2, 0.25) is 5.02 Å². The van der Waals surface area contributed by atoms with E-state index in [9.17, 15) is 14.4 Å². The topological polar surface area (TPSA) is 93.7 Å². The van der Waals surface area contributed by atoms with Gasteiger partial charge in [-0.2, -0.15) is 0 Å². The van der Waals surface area contributed by atoms with E-state index in [1.54, 1.807) is 38.1 Å². The van der Waals surface area contributed by atoms with Crippen molar-refractivity contribution in [1.29, 1.82) is 0 Å². The van der Waals surface area contributed by atoms with Crippen LogP contribution in [0.25, 0.3) is 0 Å². The molecule has 0 unspecified atom stereocenters. The summed E-state index contributed by atoms with van der Waals surface area (Å²) in [5.41, 5.74) is 0.656. The average Bonchev–Trinajstić information content (AvgIpc) is 3.03. The van der Waals surface area contributed by atoms with Gasteiger partial charge in [-0.3, -0.25) is 9.59 Å². The fourth-order valence-electron chi connectivity index (χ4n) is 2.57. The van der Waals surface area contributed by atoms with Crippen LogP contribution in [0, 0.1) is 6.92 Å². The van der Waals surface area contributed by atoms with E-state index in [0.717, 1.165) is 24.2 Å². The molecule has 2 amide bonds. The minimum atomic E-state index is -0.590. The minimum absolute atomic E-state index is 0.180. The van der Waals surface area contributed by atoms with Crippen LogP contribution in [0.5, 0.6) is 5.75 Å². The Labute approximate surface area is 184 Å². The summed E-state index contributed by atoms with van der Waals surface area (Å²) in [5, 5.41) is 6.31. The van der Waals surface area contributed by atoms with Crippen LogP contribution in [-0.4, -0.2) is 37.5 Å². The molecule has 162 valence electrons. The van der Waals surface area contributed by atoms with Crippen LogP contribution in [-0.2, 0) is 9.53 Å². The van der Waals surface area contributed by atoms with Crippen LogP contribution in [0.15, 0.2) is 24.3 Å². The summed E-state index contributed by atoms with van der Waals surface area (Å²) in [5.74, 6) is -0.851. The van der Waals surface area contributed by atoms with E-state index < -0.39 is 11.9 Å². The standard InChI is InChI=1S/C21H25ClN2O5S/c1-4-6-11-23-19(26)18-13(3)17(21(27)28-5-2)20(30-18)24-16(25)12-29-15-9-7-14(22)8-10-15/h7-10H,4-6,11-12H2,1-3H3,(H,23,26)(H,24,25). The Morgan fingerprint density at radius 3 is 2.47 bits per heavy atom. The molecule has 0 aliphatic heterocycles. The van der Waals surface area contributed by atoms with Crippen LogP contribution in [0.4, 0.5) is 5.00 Å². The third-order valence-electron chi connectivity index (χ3n) is 4.08. The van der Waals surface area contributed by atoms with Crippen molar-refractivity contribution in [3.8, 4) is 5.75 Å². The number of rotatable bonds is 10. The van der Waals surface area contributed by atoms with E-state index in [1.807, 2.05) is 6.92 Å². The maximum Gasteiger partial charge on any atom is 0.341 e. The number of halogens is 1. The minimum Gasteiger partial charge on any atom is -0.484 e. The summed E-state index contributed by atoms with van der Waals surface area (Å²) in [6, 6.07) is 6.60. The lowest BCUT2D eigenvalue weighted by Crippen LogP contribution is -2.24. The molecule has 2 N–H and O–H groups in total. The third kappa shape index (κ3) is 6.47. The number of benzene rings is 1. The summed E-state index contributed by atoms with van der Waals surface area (Å²) < 4.78 is 10.5. The van der Waals surface area contributed by atoms with Gasteiger partial charge in [0.2, 0.25) is 0 Å². The SMILES string of the molecule is CCCCNC(=O)c1sc(NC(=O)COc2ccc(Cl)cc2)c(C(=O)OCC)c1C. The molecule has 0 radical (unpaired) electrons. The first kappa shape index (κ1) is 23.7. The van der Waals surface area contributed by atoms with Crippen molar-refractivity contribution in [2.24, 2.45) is 0 Å². The number of nitrogens with one attached hydrogen (secondary N) is 2. The Morgan fingerprint density at radius 2 is 1.83 bits per heavy atom. The molecular formula is C21H25ClN2O5S. The monoisotopic (exact) mass is 452 g/mol. The van der Waals surface area contributed by atoms with Crippen LogP contribution in [0.1, 0.15) is 52.3 Å². The average molecular weight is 453 g/mol. The van der Waals surface area contributed by atoms with Crippen molar-refractivity contribution >= 4 is 45.7 Å². The molecule has 1 aromatic heterocycles. The van der Waals surface area contributed by atoms with E-state index >= 15 is 0 Å². The lowest BCUT2D eigenvalue weighted by Gasteiger charge is -2.08. The molecule has 0 saturated heterocycles. The number of amides is 2. The third-order valence-corrected chi connectivity index (χ3v) is 5.54. The Bertz CT molecular complexity index is 896. The van der Waals surface area contributed by atoms with Crippen molar-refractivity contribution < 1.29 is 23.9 Å². The molecule has 0 saturated carbocycles. The Hall–Kier alpha value is -2.58. The second-order valence-corrected chi connectivity index (χ2v) is 7.84. The second kappa shape index (κ2) is 11.6. The highest BCUT2D eigenvalue weighted by atomic mass is 35.5. The highest BCUT2D eigenvalue weighted by Gasteiger charge is 2.26. The molecule has 7 nitrogen and oxygen atoms in total. The Kier molecular flexibility index (Phi) is 9.14. The first-order valence-corrected chi connectivity index (χ1v) is 10.8. The summed E-state index contributed by atoms with van der Waals surface area (Å²) in [7, 11) is 0. The number of ether oxygens (including phenoxy) is 2. The number of hydrogen-bond donors (Lipinski definition) is 2. The van der Waals surface area contributed by atoms with E-state index in [2.05, 4.69) is 10.6 Å². The van der Waals surface area contributed by atoms with Gasteiger partial charge in [0.1, 0.15) is 10.8 Å². The molecule has 0 spiro atoms. The van der Waals surface area contributed by atoms with Gasteiger partial charge in [-0.25, -0.2) is 4.79 Å². The van der Waals surface area contributed by atoms with Crippen LogP contribution < -0.4 is 15.4 Å². The van der Waals surface area contributed by atoms with E-state index in [0.29, 0.717) is 27.8 Å². The van der Waals surface area contributed by atoms with Gasteiger partial charge in [0.05, 0.1) is 17.0 Å². The summed E-state index contributed by atoms with van der Waals surface area (Å²) in [4.78, 5) is 37.7. The van der Waals surface area contributed by atoms with Gasteiger partial charge in [-0.1, -0.05) is 24.9 Å². The normalized spacial score (nSPS) is 10.4. The largest absolute Gasteiger partial charge is 0.484 e. The molecule has 0 bridgehead atoms. The number of carbonyl (C=O) groups is 3. The van der Waals surface area contributed by atoms with Crippen molar-refractivity contribution in [3.63, 3.8) is 0 Å². The highest BCUT2D eigenvalue weighted by molar-refractivity contribution is 7.18. The fourth-order valence-corrected chi connectivity index (χ4v) is 3.82. The molecule has 0 atom stereocenters. The van der Waals surface area contributed by atoms with Gasteiger partial charge in [0.25, 0.3) is 11.8 Å². The number of carbonyl (C=O) groups excluding carboxylic acids is 3. The van der Waals surface area contributed by atoms with Gasteiger partial charge < -0.3 is 20.1 Å². The van der Waals surface area contributed by atoms with Gasteiger partial charge >= 0.3 is 5.97 Å². The molecular weight excluding hydrogens is 428 g/mol. The van der Waals surface area contributed by atoms with Gasteiger partial charge in [-0.15, -0.1) is 11.3 Å².